The zero-order valence-corrected chi connectivity index (χ0v) is 10.9. The molecule has 1 aromatic carbocycles. The Bertz CT molecular complexity index is 639. The Hall–Kier alpha value is -2.60. The second kappa shape index (κ2) is 5.83. The number of nitrogens with zero attached hydrogens (tertiary/aromatic N) is 2. The van der Waals surface area contributed by atoms with Crippen LogP contribution in [0, 0.1) is 11.3 Å². The molecule has 2 rings (SSSR count). The van der Waals surface area contributed by atoms with E-state index in [-0.39, 0.29) is 0 Å². The molecular weight excluding hydrogens is 236 g/mol. The molecule has 94 valence electrons. The van der Waals surface area contributed by atoms with Crippen molar-refractivity contribution in [1.29, 1.82) is 5.26 Å². The zero-order chi connectivity index (χ0) is 13.7. The van der Waals surface area contributed by atoms with Crippen molar-refractivity contribution in [3.05, 3.63) is 65.5 Å². The first-order valence-corrected chi connectivity index (χ1v) is 5.92. The molecule has 0 unspecified atom stereocenters. The van der Waals surface area contributed by atoms with Gasteiger partial charge >= 0.3 is 0 Å². The Kier molecular flexibility index (Phi) is 3.94. The van der Waals surface area contributed by atoms with Gasteiger partial charge in [0.05, 0.1) is 13.2 Å². The van der Waals surface area contributed by atoms with Gasteiger partial charge in [-0.15, -0.1) is 0 Å². The standard InChI is InChI=1S/C16H14N2O/c1-12(10-17)16(14-6-4-8-18-11-14)13-5-3-7-15(9-13)19-2/h3-9,11H,1-2H3/b16-12+. The van der Waals surface area contributed by atoms with E-state index in [4.69, 9.17) is 4.74 Å². The molecule has 0 radical (unpaired) electrons. The molecule has 3 heteroatoms. The Balaban J connectivity index is 2.61. The van der Waals surface area contributed by atoms with E-state index in [0.29, 0.717) is 5.57 Å². The summed E-state index contributed by atoms with van der Waals surface area (Å²) in [7, 11) is 1.63. The van der Waals surface area contributed by atoms with Gasteiger partial charge in [0.1, 0.15) is 5.75 Å². The van der Waals surface area contributed by atoms with Gasteiger partial charge in [-0.1, -0.05) is 18.2 Å². The summed E-state index contributed by atoms with van der Waals surface area (Å²) in [6.07, 6.45) is 3.48. The number of pyridine rings is 1. The summed E-state index contributed by atoms with van der Waals surface area (Å²) in [6.45, 7) is 1.81. The van der Waals surface area contributed by atoms with Crippen molar-refractivity contribution >= 4 is 5.57 Å². The number of ether oxygens (including phenoxy) is 1. The maximum atomic E-state index is 9.19. The van der Waals surface area contributed by atoms with Crippen molar-refractivity contribution in [2.45, 2.75) is 6.92 Å². The normalized spacial score (nSPS) is 11.4. The number of hydrogen-bond donors (Lipinski definition) is 0. The summed E-state index contributed by atoms with van der Waals surface area (Å²) in [5.41, 5.74) is 3.41. The highest BCUT2D eigenvalue weighted by atomic mass is 16.5. The lowest BCUT2D eigenvalue weighted by Gasteiger charge is -2.10. The van der Waals surface area contributed by atoms with Crippen LogP contribution < -0.4 is 4.74 Å². The van der Waals surface area contributed by atoms with Crippen molar-refractivity contribution in [3.8, 4) is 11.8 Å². The molecular formula is C16H14N2O. The van der Waals surface area contributed by atoms with Crippen LogP contribution in [-0.4, -0.2) is 12.1 Å². The van der Waals surface area contributed by atoms with Crippen molar-refractivity contribution in [2.24, 2.45) is 0 Å². The van der Waals surface area contributed by atoms with Gasteiger partial charge in [0.25, 0.3) is 0 Å². The first kappa shape index (κ1) is 12.8. The highest BCUT2D eigenvalue weighted by Crippen LogP contribution is 2.28. The van der Waals surface area contributed by atoms with E-state index in [2.05, 4.69) is 11.1 Å². The third-order valence-electron chi connectivity index (χ3n) is 2.85. The summed E-state index contributed by atoms with van der Waals surface area (Å²) < 4.78 is 5.23. The van der Waals surface area contributed by atoms with E-state index in [1.807, 2.05) is 43.3 Å². The van der Waals surface area contributed by atoms with E-state index in [9.17, 15) is 5.26 Å². The second-order valence-corrected chi connectivity index (χ2v) is 4.09. The number of aromatic nitrogens is 1. The number of methoxy groups -OCH3 is 1. The van der Waals surface area contributed by atoms with Crippen LogP contribution in [0.1, 0.15) is 18.1 Å². The molecule has 3 nitrogen and oxygen atoms in total. The zero-order valence-electron chi connectivity index (χ0n) is 10.9. The van der Waals surface area contributed by atoms with Crippen LogP contribution in [0.5, 0.6) is 5.75 Å². The summed E-state index contributed by atoms with van der Waals surface area (Å²) in [5.74, 6) is 0.768. The predicted molar refractivity (Wildman–Crippen MR) is 74.5 cm³/mol. The molecule has 0 N–H and O–H groups in total. The van der Waals surface area contributed by atoms with Gasteiger partial charge in [-0.05, 0) is 30.7 Å². The number of benzene rings is 1. The van der Waals surface area contributed by atoms with E-state index < -0.39 is 0 Å². The number of nitriles is 1. The highest BCUT2D eigenvalue weighted by molar-refractivity contribution is 5.83. The Morgan fingerprint density at radius 2 is 2.00 bits per heavy atom. The molecule has 1 aromatic heterocycles. The Labute approximate surface area is 112 Å². The van der Waals surface area contributed by atoms with Crippen molar-refractivity contribution in [2.75, 3.05) is 7.11 Å². The lowest BCUT2D eigenvalue weighted by molar-refractivity contribution is 0.414. The van der Waals surface area contributed by atoms with Gasteiger partial charge in [-0.25, -0.2) is 0 Å². The monoisotopic (exact) mass is 250 g/mol. The summed E-state index contributed by atoms with van der Waals surface area (Å²) in [6, 6.07) is 13.7. The minimum atomic E-state index is 0.654. The Morgan fingerprint density at radius 3 is 2.63 bits per heavy atom. The maximum Gasteiger partial charge on any atom is 0.119 e. The fourth-order valence-corrected chi connectivity index (χ4v) is 1.94. The van der Waals surface area contributed by atoms with Crippen LogP contribution in [-0.2, 0) is 0 Å². The summed E-state index contributed by atoms with van der Waals surface area (Å²) in [4.78, 5) is 4.12. The SMILES string of the molecule is COc1cccc(/C(=C(/C)C#N)c2cccnc2)c1. The summed E-state index contributed by atoms with van der Waals surface area (Å²) >= 11 is 0. The van der Waals surface area contributed by atoms with Crippen LogP contribution in [0.25, 0.3) is 5.57 Å². The van der Waals surface area contributed by atoms with Crippen molar-refractivity contribution in [1.82, 2.24) is 4.98 Å². The molecule has 0 amide bonds. The van der Waals surface area contributed by atoms with Gasteiger partial charge in [0, 0.05) is 29.1 Å². The molecule has 0 bridgehead atoms. The average Bonchev–Trinajstić information content (AvgIpc) is 2.48. The van der Waals surface area contributed by atoms with Crippen LogP contribution in [0.2, 0.25) is 0 Å². The molecule has 0 saturated heterocycles. The molecule has 0 atom stereocenters. The molecule has 0 aliphatic heterocycles. The van der Waals surface area contributed by atoms with E-state index in [1.165, 1.54) is 0 Å². The van der Waals surface area contributed by atoms with Gasteiger partial charge in [0.2, 0.25) is 0 Å². The minimum absolute atomic E-state index is 0.654. The molecule has 0 spiro atoms. The topological polar surface area (TPSA) is 45.9 Å². The van der Waals surface area contributed by atoms with E-state index in [1.54, 1.807) is 19.5 Å². The molecule has 0 saturated carbocycles. The smallest absolute Gasteiger partial charge is 0.119 e. The largest absolute Gasteiger partial charge is 0.497 e. The van der Waals surface area contributed by atoms with Crippen molar-refractivity contribution < 1.29 is 4.74 Å². The molecule has 0 fully saturated rings. The minimum Gasteiger partial charge on any atom is -0.497 e. The lowest BCUT2D eigenvalue weighted by atomic mass is 9.95. The average molecular weight is 250 g/mol. The van der Waals surface area contributed by atoms with Gasteiger partial charge < -0.3 is 4.74 Å². The number of hydrogen-bond acceptors (Lipinski definition) is 3. The third kappa shape index (κ3) is 2.80. The first-order valence-electron chi connectivity index (χ1n) is 5.92. The molecule has 0 aliphatic rings. The van der Waals surface area contributed by atoms with Gasteiger partial charge in [-0.2, -0.15) is 5.26 Å². The molecule has 19 heavy (non-hydrogen) atoms. The lowest BCUT2D eigenvalue weighted by Crippen LogP contribution is -1.93. The fourth-order valence-electron chi connectivity index (χ4n) is 1.94. The predicted octanol–water partition coefficient (Wildman–Crippen LogP) is 3.44. The van der Waals surface area contributed by atoms with Gasteiger partial charge in [0.15, 0.2) is 0 Å². The second-order valence-electron chi connectivity index (χ2n) is 4.09. The molecule has 2 aromatic rings. The fraction of sp³-hybridized carbons (Fsp3) is 0.125. The van der Waals surface area contributed by atoms with E-state index in [0.717, 1.165) is 22.4 Å². The number of allylic oxidation sites excluding steroid dienone is 1. The maximum absolute atomic E-state index is 9.19. The first-order chi connectivity index (χ1) is 9.26. The van der Waals surface area contributed by atoms with Crippen LogP contribution >= 0.6 is 0 Å². The summed E-state index contributed by atoms with van der Waals surface area (Å²) in [5, 5.41) is 9.19. The third-order valence-corrected chi connectivity index (χ3v) is 2.85. The van der Waals surface area contributed by atoms with E-state index >= 15 is 0 Å². The van der Waals surface area contributed by atoms with Crippen molar-refractivity contribution in [3.63, 3.8) is 0 Å². The highest BCUT2D eigenvalue weighted by Gasteiger charge is 2.10. The number of rotatable bonds is 3. The molecule has 0 aliphatic carbocycles. The van der Waals surface area contributed by atoms with Crippen LogP contribution in [0.4, 0.5) is 0 Å². The van der Waals surface area contributed by atoms with Gasteiger partial charge in [-0.3, -0.25) is 4.98 Å². The van der Waals surface area contributed by atoms with Crippen LogP contribution in [0.3, 0.4) is 0 Å². The quantitative estimate of drug-likeness (QED) is 0.784. The Morgan fingerprint density at radius 1 is 1.21 bits per heavy atom. The molecule has 1 heterocycles. The van der Waals surface area contributed by atoms with Crippen LogP contribution in [0.15, 0.2) is 54.4 Å².